The summed E-state index contributed by atoms with van der Waals surface area (Å²) in [5.74, 6) is 0.174. The predicted octanol–water partition coefficient (Wildman–Crippen LogP) is 8.70. The zero-order valence-corrected chi connectivity index (χ0v) is 27.9. The molecule has 1 aliphatic carbocycles. The van der Waals surface area contributed by atoms with E-state index in [9.17, 15) is 14.4 Å². The third-order valence-corrected chi connectivity index (χ3v) is 10.1. The summed E-state index contributed by atoms with van der Waals surface area (Å²) in [4.78, 5) is 40.9. The van der Waals surface area contributed by atoms with E-state index in [4.69, 9.17) is 21.7 Å². The van der Waals surface area contributed by atoms with Crippen LogP contribution >= 0.6 is 35.3 Å². The Morgan fingerprint density at radius 2 is 1.78 bits per heavy atom. The maximum Gasteiger partial charge on any atom is 0.341 e. The topological polar surface area (TPSA) is 84.9 Å². The van der Waals surface area contributed by atoms with E-state index in [1.54, 1.807) is 11.8 Å². The van der Waals surface area contributed by atoms with Crippen LogP contribution in [0.3, 0.4) is 0 Å². The fraction of sp³-hybridized carbons (Fsp3) is 0.371. The number of amides is 2. The zero-order chi connectivity index (χ0) is 31.6. The molecule has 0 radical (unpaired) electrons. The third-order valence-electron chi connectivity index (χ3n) is 7.80. The molecule has 0 bridgehead atoms. The lowest BCUT2D eigenvalue weighted by atomic mass is 9.98. The van der Waals surface area contributed by atoms with Crippen molar-refractivity contribution in [2.24, 2.45) is 0 Å². The van der Waals surface area contributed by atoms with Gasteiger partial charge >= 0.3 is 5.97 Å². The Balaban J connectivity index is 1.08. The van der Waals surface area contributed by atoms with Gasteiger partial charge in [0.15, 0.2) is 0 Å². The first kappa shape index (κ1) is 32.9. The van der Waals surface area contributed by atoms with Crippen molar-refractivity contribution in [1.82, 2.24) is 4.90 Å². The number of esters is 1. The number of hydrogen-bond acceptors (Lipinski definition) is 8. The van der Waals surface area contributed by atoms with Gasteiger partial charge in [-0.2, -0.15) is 0 Å². The molecule has 1 saturated heterocycles. The first-order valence-electron chi connectivity index (χ1n) is 15.6. The summed E-state index contributed by atoms with van der Waals surface area (Å²) >= 11 is 8.15. The second-order valence-electron chi connectivity index (χ2n) is 11.1. The van der Waals surface area contributed by atoms with Crippen LogP contribution < -0.4 is 10.1 Å². The normalized spacial score (nSPS) is 16.3. The van der Waals surface area contributed by atoms with Crippen LogP contribution in [0.1, 0.15) is 80.6 Å². The van der Waals surface area contributed by atoms with Crippen LogP contribution in [-0.2, 0) is 14.3 Å². The van der Waals surface area contributed by atoms with Gasteiger partial charge in [0.2, 0.25) is 5.91 Å². The van der Waals surface area contributed by atoms with Gasteiger partial charge in [0.05, 0.1) is 17.6 Å². The monoisotopic (exact) mass is 662 g/mol. The number of unbranched alkanes of at least 4 members (excludes halogenated alkanes) is 2. The van der Waals surface area contributed by atoms with Crippen molar-refractivity contribution in [2.45, 2.75) is 70.8 Å². The number of carbonyl (C=O) groups is 3. The van der Waals surface area contributed by atoms with Crippen molar-refractivity contribution < 1.29 is 23.9 Å². The smallest absolute Gasteiger partial charge is 0.341 e. The number of thioether (sulfide) groups is 1. The summed E-state index contributed by atoms with van der Waals surface area (Å²) in [5, 5.41) is 5.28. The maximum absolute atomic E-state index is 13.1. The number of benzene rings is 2. The van der Waals surface area contributed by atoms with Gasteiger partial charge in [-0.15, -0.1) is 11.3 Å². The van der Waals surface area contributed by atoms with Gasteiger partial charge < -0.3 is 14.8 Å². The molecule has 3 aromatic rings. The zero-order valence-electron chi connectivity index (χ0n) is 25.4. The average Bonchev–Trinajstić information content (AvgIpc) is 3.58. The van der Waals surface area contributed by atoms with Crippen LogP contribution in [0.4, 0.5) is 5.00 Å². The Bertz CT molecular complexity index is 1530. The number of nitrogens with one attached hydrogen (secondary N) is 1. The van der Waals surface area contributed by atoms with E-state index in [2.05, 4.69) is 5.32 Å². The Morgan fingerprint density at radius 3 is 2.51 bits per heavy atom. The summed E-state index contributed by atoms with van der Waals surface area (Å²) in [5.41, 5.74) is 2.95. The van der Waals surface area contributed by atoms with Crippen molar-refractivity contribution in [3.05, 3.63) is 76.0 Å². The van der Waals surface area contributed by atoms with Crippen molar-refractivity contribution in [3.63, 3.8) is 0 Å². The molecule has 0 atom stereocenters. The van der Waals surface area contributed by atoms with E-state index in [-0.39, 0.29) is 18.4 Å². The Morgan fingerprint density at radius 1 is 1.02 bits per heavy atom. The average molecular weight is 663 g/mol. The van der Waals surface area contributed by atoms with Gasteiger partial charge in [-0.05, 0) is 74.8 Å². The number of ether oxygens (including phenoxy) is 2. The molecule has 1 aliphatic heterocycles. The highest BCUT2D eigenvalue weighted by molar-refractivity contribution is 8.26. The predicted molar refractivity (Wildman–Crippen MR) is 187 cm³/mol. The van der Waals surface area contributed by atoms with Gasteiger partial charge in [-0.25, -0.2) is 4.79 Å². The minimum Gasteiger partial charge on any atom is -0.490 e. The van der Waals surface area contributed by atoms with Gasteiger partial charge in [-0.3, -0.25) is 14.5 Å². The fourth-order valence-electron chi connectivity index (χ4n) is 5.47. The highest BCUT2D eigenvalue weighted by atomic mass is 32.2. The van der Waals surface area contributed by atoms with E-state index in [0.29, 0.717) is 45.3 Å². The van der Waals surface area contributed by atoms with Gasteiger partial charge in [-0.1, -0.05) is 79.3 Å². The molecule has 2 amide bonds. The molecule has 7 nitrogen and oxygen atoms in total. The molecule has 5 rings (SSSR count). The van der Waals surface area contributed by atoms with E-state index in [1.165, 1.54) is 42.4 Å². The summed E-state index contributed by atoms with van der Waals surface area (Å²) in [7, 11) is 0. The molecule has 2 aliphatic rings. The van der Waals surface area contributed by atoms with Crippen molar-refractivity contribution in [3.8, 4) is 16.9 Å². The van der Waals surface area contributed by atoms with E-state index in [1.807, 2.05) is 66.1 Å². The standard InChI is InChI=1S/C35H38N2O5S3/c1-2-41-34(40)31-28(25-12-6-3-7-13-25)23-44-32(31)36-30(38)16-10-5-11-21-37-33(39)29(45-35(37)43)22-24-17-19-27(20-18-24)42-26-14-8-4-9-15-26/h3,6-7,12-13,17-20,22-23,26H,2,4-5,8-11,14-16,21H2,1H3,(H,36,38)/b29-22-. The molecular weight excluding hydrogens is 625 g/mol. The van der Waals surface area contributed by atoms with Gasteiger partial charge in [0.1, 0.15) is 20.6 Å². The molecule has 45 heavy (non-hydrogen) atoms. The number of hydrogen-bond donors (Lipinski definition) is 1. The largest absolute Gasteiger partial charge is 0.490 e. The molecule has 0 unspecified atom stereocenters. The summed E-state index contributed by atoms with van der Waals surface area (Å²) in [6, 6.07) is 17.5. The molecule has 1 saturated carbocycles. The van der Waals surface area contributed by atoms with Crippen molar-refractivity contribution in [2.75, 3.05) is 18.5 Å². The number of anilines is 1. The molecule has 0 spiro atoms. The molecular formula is C35H38N2O5S3. The van der Waals surface area contributed by atoms with Crippen LogP contribution in [0.5, 0.6) is 5.75 Å². The lowest BCUT2D eigenvalue weighted by Crippen LogP contribution is -2.29. The number of nitrogens with zero attached hydrogens (tertiary/aromatic N) is 1. The fourth-order valence-corrected chi connectivity index (χ4v) is 7.75. The molecule has 2 heterocycles. The molecule has 1 aromatic heterocycles. The number of carbonyl (C=O) groups excluding carboxylic acids is 3. The van der Waals surface area contributed by atoms with Crippen LogP contribution in [0, 0.1) is 0 Å². The summed E-state index contributed by atoms with van der Waals surface area (Å²) in [6.45, 7) is 2.52. The second kappa shape index (κ2) is 16.2. The molecule has 10 heteroatoms. The Hall–Kier alpha value is -3.47. The lowest BCUT2D eigenvalue weighted by molar-refractivity contribution is -0.122. The van der Waals surface area contributed by atoms with E-state index in [0.717, 1.165) is 48.1 Å². The number of thiophene rings is 1. The van der Waals surface area contributed by atoms with E-state index >= 15 is 0 Å². The quantitative estimate of drug-likeness (QED) is 0.0848. The Labute approximate surface area is 278 Å². The highest BCUT2D eigenvalue weighted by Crippen LogP contribution is 2.37. The van der Waals surface area contributed by atoms with Gasteiger partial charge in [0, 0.05) is 23.9 Å². The van der Waals surface area contributed by atoms with Crippen LogP contribution in [0.25, 0.3) is 17.2 Å². The summed E-state index contributed by atoms with van der Waals surface area (Å²) < 4.78 is 12.0. The second-order valence-corrected chi connectivity index (χ2v) is 13.6. The molecule has 236 valence electrons. The van der Waals surface area contributed by atoms with Crippen LogP contribution in [0.2, 0.25) is 0 Å². The highest BCUT2D eigenvalue weighted by Gasteiger charge is 2.31. The first-order valence-corrected chi connectivity index (χ1v) is 17.7. The first-order chi connectivity index (χ1) is 21.9. The minimum absolute atomic E-state index is 0.0799. The van der Waals surface area contributed by atoms with Crippen LogP contribution in [0.15, 0.2) is 64.9 Å². The lowest BCUT2D eigenvalue weighted by Gasteiger charge is -2.22. The van der Waals surface area contributed by atoms with Crippen molar-refractivity contribution in [1.29, 1.82) is 0 Å². The van der Waals surface area contributed by atoms with Gasteiger partial charge in [0.25, 0.3) is 5.91 Å². The van der Waals surface area contributed by atoms with Crippen LogP contribution in [-0.4, -0.2) is 46.3 Å². The number of rotatable bonds is 13. The van der Waals surface area contributed by atoms with Crippen molar-refractivity contribution >= 4 is 68.5 Å². The third kappa shape index (κ3) is 8.83. The SMILES string of the molecule is CCOC(=O)c1c(-c2ccccc2)csc1NC(=O)CCCCCN1C(=O)/C(=C/c2ccc(OC3CCCCC3)cc2)SC1=S. The summed E-state index contributed by atoms with van der Waals surface area (Å²) in [6.07, 6.45) is 10.6. The Kier molecular flexibility index (Phi) is 11.8. The maximum atomic E-state index is 13.1. The molecule has 1 N–H and O–H groups in total. The minimum atomic E-state index is -0.453. The molecule has 2 fully saturated rings. The molecule has 2 aromatic carbocycles. The number of thiocarbonyl (C=S) groups is 1. The van der Waals surface area contributed by atoms with E-state index < -0.39 is 5.97 Å².